The molecule has 2 aromatic rings. The minimum atomic E-state index is -0.143. The molecule has 0 fully saturated rings. The molecule has 1 amide bonds. The maximum absolute atomic E-state index is 12.2. The highest BCUT2D eigenvalue weighted by Gasteiger charge is 2.11. The second-order valence-electron chi connectivity index (χ2n) is 5.20. The normalized spacial score (nSPS) is 10.1. The molecule has 0 saturated carbocycles. The Bertz CT molecular complexity index is 669. The van der Waals surface area contributed by atoms with E-state index >= 15 is 0 Å². The zero-order chi connectivity index (χ0) is 16.8. The third kappa shape index (κ3) is 4.35. The summed E-state index contributed by atoms with van der Waals surface area (Å²) in [6, 6.07) is 9.05. The van der Waals surface area contributed by atoms with E-state index in [0.717, 1.165) is 11.4 Å². The van der Waals surface area contributed by atoms with E-state index < -0.39 is 0 Å². The zero-order valence-corrected chi connectivity index (χ0v) is 13.8. The van der Waals surface area contributed by atoms with Crippen molar-refractivity contribution in [2.75, 3.05) is 38.5 Å². The number of amides is 1. The number of nitrogens with one attached hydrogen (secondary N) is 1. The van der Waals surface area contributed by atoms with Crippen LogP contribution in [0.1, 0.15) is 5.56 Å². The monoisotopic (exact) mass is 315 g/mol. The lowest BCUT2D eigenvalue weighted by Gasteiger charge is -2.12. The van der Waals surface area contributed by atoms with Crippen molar-refractivity contribution in [2.45, 2.75) is 6.42 Å². The van der Waals surface area contributed by atoms with Crippen molar-refractivity contribution >= 4 is 17.4 Å². The van der Waals surface area contributed by atoms with Crippen LogP contribution in [0, 0.1) is 0 Å². The summed E-state index contributed by atoms with van der Waals surface area (Å²) in [6.45, 7) is 0. The summed E-state index contributed by atoms with van der Waals surface area (Å²) in [7, 11) is 6.99. The van der Waals surface area contributed by atoms with E-state index in [4.69, 9.17) is 9.47 Å². The van der Waals surface area contributed by atoms with Crippen LogP contribution in [0.3, 0.4) is 0 Å². The Morgan fingerprint density at radius 2 is 1.96 bits per heavy atom. The minimum absolute atomic E-state index is 0.143. The van der Waals surface area contributed by atoms with Gasteiger partial charge in [0.2, 0.25) is 5.91 Å². The second kappa shape index (κ2) is 7.49. The Morgan fingerprint density at radius 1 is 1.17 bits per heavy atom. The summed E-state index contributed by atoms with van der Waals surface area (Å²) in [4.78, 5) is 18.4. The molecular formula is C17H21N3O3. The second-order valence-corrected chi connectivity index (χ2v) is 5.20. The van der Waals surface area contributed by atoms with Crippen molar-refractivity contribution in [1.29, 1.82) is 0 Å². The summed E-state index contributed by atoms with van der Waals surface area (Å²) in [6.07, 6.45) is 1.83. The molecular weight excluding hydrogens is 294 g/mol. The van der Waals surface area contributed by atoms with E-state index in [1.54, 1.807) is 38.6 Å². The largest absolute Gasteiger partial charge is 0.497 e. The Hall–Kier alpha value is -2.76. The number of aromatic nitrogens is 1. The lowest BCUT2D eigenvalue weighted by atomic mass is 10.1. The van der Waals surface area contributed by atoms with Crippen LogP contribution in [0.5, 0.6) is 11.5 Å². The van der Waals surface area contributed by atoms with Gasteiger partial charge in [0, 0.05) is 19.7 Å². The molecule has 0 unspecified atom stereocenters. The highest BCUT2D eigenvalue weighted by Crippen LogP contribution is 2.24. The van der Waals surface area contributed by atoms with Crippen LogP contribution in [-0.2, 0) is 11.2 Å². The molecule has 6 nitrogen and oxygen atoms in total. The molecule has 0 atom stereocenters. The van der Waals surface area contributed by atoms with Gasteiger partial charge in [-0.25, -0.2) is 4.98 Å². The highest BCUT2D eigenvalue weighted by molar-refractivity contribution is 5.92. The molecule has 6 heteroatoms. The van der Waals surface area contributed by atoms with Gasteiger partial charge >= 0.3 is 0 Å². The van der Waals surface area contributed by atoms with Gasteiger partial charge in [-0.05, 0) is 30.3 Å². The first-order chi connectivity index (χ1) is 11.0. The Morgan fingerprint density at radius 3 is 2.52 bits per heavy atom. The van der Waals surface area contributed by atoms with E-state index in [2.05, 4.69) is 10.3 Å². The van der Waals surface area contributed by atoms with Gasteiger partial charge in [0.1, 0.15) is 17.3 Å². The number of rotatable bonds is 6. The van der Waals surface area contributed by atoms with Crippen molar-refractivity contribution in [2.24, 2.45) is 0 Å². The standard InChI is InChI=1S/C17H21N3O3/c1-20(2)16-8-5-13(11-18-16)19-17(21)10-12-9-14(22-3)6-7-15(12)23-4/h5-9,11H,10H2,1-4H3,(H,19,21). The number of carbonyl (C=O) groups excluding carboxylic acids is 1. The third-order valence-electron chi connectivity index (χ3n) is 3.33. The number of anilines is 2. The molecule has 0 saturated heterocycles. The number of ether oxygens (including phenoxy) is 2. The molecule has 0 bridgehead atoms. The third-order valence-corrected chi connectivity index (χ3v) is 3.33. The molecule has 1 heterocycles. The Balaban J connectivity index is 2.07. The van der Waals surface area contributed by atoms with Crippen LogP contribution < -0.4 is 19.7 Å². The van der Waals surface area contributed by atoms with Crippen LogP contribution in [0.25, 0.3) is 0 Å². The maximum atomic E-state index is 12.2. The van der Waals surface area contributed by atoms with Gasteiger partial charge in [-0.15, -0.1) is 0 Å². The summed E-state index contributed by atoms with van der Waals surface area (Å²) >= 11 is 0. The maximum Gasteiger partial charge on any atom is 0.228 e. The fourth-order valence-electron chi connectivity index (χ4n) is 2.12. The van der Waals surface area contributed by atoms with Crippen molar-refractivity contribution < 1.29 is 14.3 Å². The van der Waals surface area contributed by atoms with Crippen LogP contribution in [-0.4, -0.2) is 39.2 Å². The molecule has 1 aromatic carbocycles. The molecule has 23 heavy (non-hydrogen) atoms. The number of pyridine rings is 1. The van der Waals surface area contributed by atoms with Gasteiger partial charge in [0.15, 0.2) is 0 Å². The molecule has 0 aliphatic heterocycles. The molecule has 1 aromatic heterocycles. The first-order valence-electron chi connectivity index (χ1n) is 7.17. The highest BCUT2D eigenvalue weighted by atomic mass is 16.5. The Kier molecular flexibility index (Phi) is 5.41. The summed E-state index contributed by atoms with van der Waals surface area (Å²) in [5.41, 5.74) is 1.42. The van der Waals surface area contributed by atoms with Crippen molar-refractivity contribution in [3.05, 3.63) is 42.1 Å². The van der Waals surface area contributed by atoms with Gasteiger partial charge in [0.05, 0.1) is 32.5 Å². The molecule has 0 aliphatic rings. The van der Waals surface area contributed by atoms with E-state index in [-0.39, 0.29) is 12.3 Å². The van der Waals surface area contributed by atoms with Crippen molar-refractivity contribution in [3.8, 4) is 11.5 Å². The molecule has 0 radical (unpaired) electrons. The van der Waals surface area contributed by atoms with Crippen LogP contribution >= 0.6 is 0 Å². The molecule has 122 valence electrons. The van der Waals surface area contributed by atoms with Crippen LogP contribution in [0.15, 0.2) is 36.5 Å². The SMILES string of the molecule is COc1ccc(OC)c(CC(=O)Nc2ccc(N(C)C)nc2)c1. The van der Waals surface area contributed by atoms with Gasteiger partial charge in [-0.2, -0.15) is 0 Å². The number of hydrogen-bond acceptors (Lipinski definition) is 5. The van der Waals surface area contributed by atoms with E-state index in [1.165, 1.54) is 0 Å². The first kappa shape index (κ1) is 16.6. The quantitative estimate of drug-likeness (QED) is 0.886. The van der Waals surface area contributed by atoms with E-state index in [0.29, 0.717) is 17.2 Å². The van der Waals surface area contributed by atoms with Crippen LogP contribution in [0.2, 0.25) is 0 Å². The summed E-state index contributed by atoms with van der Waals surface area (Å²) < 4.78 is 10.5. The number of methoxy groups -OCH3 is 2. The predicted molar refractivity (Wildman–Crippen MR) is 90.4 cm³/mol. The first-order valence-corrected chi connectivity index (χ1v) is 7.17. The predicted octanol–water partition coefficient (Wildman–Crippen LogP) is 2.35. The van der Waals surface area contributed by atoms with Crippen LogP contribution in [0.4, 0.5) is 11.5 Å². The topological polar surface area (TPSA) is 63.7 Å². The Labute approximate surface area is 136 Å². The minimum Gasteiger partial charge on any atom is -0.497 e. The lowest BCUT2D eigenvalue weighted by Crippen LogP contribution is -2.16. The summed E-state index contributed by atoms with van der Waals surface area (Å²) in [5, 5.41) is 2.83. The lowest BCUT2D eigenvalue weighted by molar-refractivity contribution is -0.115. The zero-order valence-electron chi connectivity index (χ0n) is 13.8. The van der Waals surface area contributed by atoms with E-state index in [1.807, 2.05) is 31.1 Å². The number of hydrogen-bond donors (Lipinski definition) is 1. The fourth-order valence-corrected chi connectivity index (χ4v) is 2.12. The fraction of sp³-hybridized carbons (Fsp3) is 0.294. The van der Waals surface area contributed by atoms with Gasteiger partial charge < -0.3 is 19.7 Å². The number of carbonyl (C=O) groups is 1. The van der Waals surface area contributed by atoms with Gasteiger partial charge in [-0.3, -0.25) is 4.79 Å². The number of benzene rings is 1. The smallest absolute Gasteiger partial charge is 0.228 e. The van der Waals surface area contributed by atoms with Gasteiger partial charge in [-0.1, -0.05) is 0 Å². The average Bonchev–Trinajstić information content (AvgIpc) is 2.55. The molecule has 0 spiro atoms. The van der Waals surface area contributed by atoms with Crippen molar-refractivity contribution in [1.82, 2.24) is 4.98 Å². The number of nitrogens with zero attached hydrogens (tertiary/aromatic N) is 2. The molecule has 1 N–H and O–H groups in total. The molecule has 2 rings (SSSR count). The van der Waals surface area contributed by atoms with Crippen molar-refractivity contribution in [3.63, 3.8) is 0 Å². The molecule has 0 aliphatic carbocycles. The average molecular weight is 315 g/mol. The van der Waals surface area contributed by atoms with Gasteiger partial charge in [0.25, 0.3) is 0 Å². The van der Waals surface area contributed by atoms with E-state index in [9.17, 15) is 4.79 Å². The summed E-state index contributed by atoms with van der Waals surface area (Å²) in [5.74, 6) is 2.03.